The van der Waals surface area contributed by atoms with Gasteiger partial charge in [0.15, 0.2) is 0 Å². The van der Waals surface area contributed by atoms with Crippen molar-refractivity contribution in [2.75, 3.05) is 0 Å². The monoisotopic (exact) mass is 680 g/mol. The van der Waals surface area contributed by atoms with E-state index in [1.54, 1.807) is 0 Å². The van der Waals surface area contributed by atoms with E-state index < -0.39 is 0 Å². The Kier molecular flexibility index (Phi) is 7.27. The number of hydrogen-bond acceptors (Lipinski definition) is 0. The first-order valence-corrected chi connectivity index (χ1v) is 10.6. The van der Waals surface area contributed by atoms with E-state index in [2.05, 4.69) is 109 Å². The fraction of sp³-hybridized carbons (Fsp3) is 0.0667. The molecule has 4 aromatic rings. The predicted molar refractivity (Wildman–Crippen MR) is 134 cm³/mol. The van der Waals surface area contributed by atoms with Gasteiger partial charge in [-0.15, -0.1) is 0 Å². The van der Waals surface area contributed by atoms with Gasteiger partial charge in [0.2, 0.25) is 0 Å². The molecule has 0 N–H and O–H groups in total. The Bertz CT molecular complexity index is 1330. The van der Waals surface area contributed by atoms with Crippen LogP contribution >= 0.6 is 0 Å². The van der Waals surface area contributed by atoms with Gasteiger partial charge in [0.05, 0.1) is 0 Å². The molecule has 0 atom stereocenters. The zero-order valence-corrected chi connectivity index (χ0v) is 24.2. The molecule has 2 aliphatic rings. The summed E-state index contributed by atoms with van der Waals surface area (Å²) in [6.45, 7) is 0. The Labute approximate surface area is 229 Å². The van der Waals surface area contributed by atoms with Gasteiger partial charge in [0, 0.05) is 53.5 Å². The molecule has 0 nitrogen and oxygen atoms in total. The van der Waals surface area contributed by atoms with E-state index in [0.717, 1.165) is 12.8 Å². The van der Waals surface area contributed by atoms with Crippen molar-refractivity contribution in [1.29, 1.82) is 0 Å². The van der Waals surface area contributed by atoms with Gasteiger partial charge in [0.1, 0.15) is 0 Å². The SMILES string of the molecule is C1=C(c2cccc(-c3ccccc3)c2C2=Cc3ccccc3C2)Cc2ccccc21.[Pb].[Zr]. The summed E-state index contributed by atoms with van der Waals surface area (Å²) >= 11 is 0. The molecule has 2 aliphatic carbocycles. The fourth-order valence-corrected chi connectivity index (χ4v) is 4.92. The second kappa shape index (κ2) is 9.97. The van der Waals surface area contributed by atoms with Crippen molar-refractivity contribution < 1.29 is 26.2 Å². The van der Waals surface area contributed by atoms with Crippen molar-refractivity contribution in [2.24, 2.45) is 0 Å². The number of allylic oxidation sites excluding steroid dienone is 2. The molecule has 4 aromatic carbocycles. The molecule has 0 saturated carbocycles. The average molecular weight is 681 g/mol. The maximum absolute atomic E-state index is 2.39. The van der Waals surface area contributed by atoms with E-state index in [1.807, 2.05) is 0 Å². The van der Waals surface area contributed by atoms with Crippen molar-refractivity contribution in [3.05, 3.63) is 130 Å². The molecule has 0 amide bonds. The molecule has 0 aliphatic heterocycles. The first-order chi connectivity index (χ1) is 14.9. The molecular formula is C30H22PbZr. The van der Waals surface area contributed by atoms with Gasteiger partial charge < -0.3 is 0 Å². The van der Waals surface area contributed by atoms with Crippen molar-refractivity contribution in [1.82, 2.24) is 0 Å². The van der Waals surface area contributed by atoms with Gasteiger partial charge in [0.25, 0.3) is 0 Å². The van der Waals surface area contributed by atoms with Gasteiger partial charge in [-0.25, -0.2) is 0 Å². The summed E-state index contributed by atoms with van der Waals surface area (Å²) in [6, 6.07) is 35.2. The van der Waals surface area contributed by atoms with Crippen LogP contribution in [-0.4, -0.2) is 27.3 Å². The first kappa shape index (κ1) is 23.3. The van der Waals surface area contributed by atoms with E-state index in [1.165, 1.54) is 55.7 Å². The van der Waals surface area contributed by atoms with Crippen LogP contribution in [0.25, 0.3) is 34.4 Å². The third-order valence-electron chi connectivity index (χ3n) is 6.35. The van der Waals surface area contributed by atoms with Crippen LogP contribution in [0.2, 0.25) is 0 Å². The van der Waals surface area contributed by atoms with E-state index in [9.17, 15) is 0 Å². The number of rotatable bonds is 3. The molecule has 0 spiro atoms. The molecule has 0 saturated heterocycles. The largest absolute Gasteiger partial charge is 0.0622 e. The Hall–Kier alpha value is -1.83. The Morgan fingerprint density at radius 1 is 0.469 bits per heavy atom. The summed E-state index contributed by atoms with van der Waals surface area (Å²) in [6.07, 6.45) is 6.77. The summed E-state index contributed by atoms with van der Waals surface area (Å²) in [5.74, 6) is 0. The Balaban J connectivity index is 0.00000122. The van der Waals surface area contributed by atoms with Crippen molar-refractivity contribution in [3.63, 3.8) is 0 Å². The molecule has 32 heavy (non-hydrogen) atoms. The zero-order valence-electron chi connectivity index (χ0n) is 17.8. The number of fused-ring (bicyclic) bond motifs is 2. The molecule has 0 aromatic heterocycles. The van der Waals surface area contributed by atoms with Gasteiger partial charge in [-0.05, 0) is 68.5 Å². The second-order valence-corrected chi connectivity index (χ2v) is 8.18. The summed E-state index contributed by atoms with van der Waals surface area (Å²) in [5.41, 5.74) is 13.7. The van der Waals surface area contributed by atoms with Gasteiger partial charge in [-0.3, -0.25) is 0 Å². The third-order valence-corrected chi connectivity index (χ3v) is 6.35. The molecule has 0 unspecified atom stereocenters. The fourth-order valence-electron chi connectivity index (χ4n) is 4.92. The van der Waals surface area contributed by atoms with Crippen LogP contribution in [0.1, 0.15) is 33.4 Å². The minimum Gasteiger partial charge on any atom is -0.0622 e. The smallest absolute Gasteiger partial charge is 0 e. The Morgan fingerprint density at radius 2 is 1.00 bits per heavy atom. The molecule has 0 fully saturated rings. The summed E-state index contributed by atoms with van der Waals surface area (Å²) in [7, 11) is 0. The molecule has 4 radical (unpaired) electrons. The first-order valence-electron chi connectivity index (χ1n) is 10.6. The Morgan fingerprint density at radius 3 is 1.66 bits per heavy atom. The summed E-state index contributed by atoms with van der Waals surface area (Å²) < 4.78 is 0. The molecule has 0 heterocycles. The van der Waals surface area contributed by atoms with Crippen LogP contribution in [0.4, 0.5) is 0 Å². The normalized spacial score (nSPS) is 13.2. The van der Waals surface area contributed by atoms with Crippen molar-refractivity contribution in [3.8, 4) is 11.1 Å². The van der Waals surface area contributed by atoms with Crippen LogP contribution in [0.3, 0.4) is 0 Å². The van der Waals surface area contributed by atoms with Crippen LogP contribution in [0.5, 0.6) is 0 Å². The maximum atomic E-state index is 2.39. The summed E-state index contributed by atoms with van der Waals surface area (Å²) in [5, 5.41) is 0. The topological polar surface area (TPSA) is 0 Å². The van der Waals surface area contributed by atoms with Crippen LogP contribution in [0.15, 0.2) is 97.1 Å². The predicted octanol–water partition coefficient (Wildman–Crippen LogP) is 7.16. The maximum Gasteiger partial charge on any atom is 0 e. The molecule has 6 rings (SSSR count). The average Bonchev–Trinajstić information content (AvgIpc) is 3.43. The quantitative estimate of drug-likeness (QED) is 0.202. The van der Waals surface area contributed by atoms with E-state index in [-0.39, 0.29) is 53.5 Å². The van der Waals surface area contributed by atoms with Crippen LogP contribution in [0, 0.1) is 0 Å². The zero-order chi connectivity index (χ0) is 19.9. The van der Waals surface area contributed by atoms with E-state index >= 15 is 0 Å². The van der Waals surface area contributed by atoms with Gasteiger partial charge in [-0.2, -0.15) is 0 Å². The number of hydrogen-bond donors (Lipinski definition) is 0. The molecule has 150 valence electrons. The van der Waals surface area contributed by atoms with Crippen molar-refractivity contribution >= 4 is 50.6 Å². The van der Waals surface area contributed by atoms with Gasteiger partial charge >= 0.3 is 0 Å². The number of benzene rings is 4. The third kappa shape index (κ3) is 4.22. The van der Waals surface area contributed by atoms with E-state index in [4.69, 9.17) is 0 Å². The minimum atomic E-state index is 0. The van der Waals surface area contributed by atoms with Crippen LogP contribution < -0.4 is 0 Å². The van der Waals surface area contributed by atoms with E-state index in [0.29, 0.717) is 0 Å². The molecular weight excluding hydrogens is 659 g/mol. The van der Waals surface area contributed by atoms with Crippen molar-refractivity contribution in [2.45, 2.75) is 12.8 Å². The summed E-state index contributed by atoms with van der Waals surface area (Å²) in [4.78, 5) is 0. The standard InChI is InChI=1S/C30H22.Pb.Zr/c1-2-9-21(10-3-1)28-15-8-16-29(26-17-22-11-4-5-12-23(22)18-26)30(28)27-19-24-13-6-7-14-25(24)20-27;;/h1-17,19H,18,20H2;;. The van der Waals surface area contributed by atoms with Gasteiger partial charge in [-0.1, -0.05) is 109 Å². The molecule has 2 heteroatoms. The minimum absolute atomic E-state index is 0. The molecule has 0 bridgehead atoms. The second-order valence-electron chi connectivity index (χ2n) is 8.18. The van der Waals surface area contributed by atoms with Crippen LogP contribution in [-0.2, 0) is 39.0 Å².